The van der Waals surface area contributed by atoms with E-state index in [0.29, 0.717) is 0 Å². The van der Waals surface area contributed by atoms with Crippen molar-refractivity contribution in [3.05, 3.63) is 48.4 Å². The molecule has 0 atom stereocenters. The largest absolute Gasteiger partial charge is 0.261 e. The number of aromatic nitrogens is 2. The number of rotatable bonds is 1. The molecule has 13 heavy (non-hydrogen) atoms. The molecule has 2 heterocycles. The first kappa shape index (κ1) is 7.92. The van der Waals surface area contributed by atoms with Gasteiger partial charge >= 0.3 is 0 Å². The van der Waals surface area contributed by atoms with Crippen LogP contribution in [-0.2, 0) is 0 Å². The molecule has 0 N–H and O–H groups in total. The van der Waals surface area contributed by atoms with Crippen molar-refractivity contribution in [3.63, 3.8) is 0 Å². The van der Waals surface area contributed by atoms with Crippen molar-refractivity contribution in [2.24, 2.45) is 0 Å². The normalized spacial score (nSPS) is 9.92. The van der Waals surface area contributed by atoms with E-state index in [1.54, 1.807) is 6.20 Å². The summed E-state index contributed by atoms with van der Waals surface area (Å²) >= 11 is 0. The summed E-state index contributed by atoms with van der Waals surface area (Å²) in [5.41, 5.74) is 3.06. The van der Waals surface area contributed by atoms with Crippen molar-refractivity contribution < 1.29 is 0 Å². The topological polar surface area (TPSA) is 25.8 Å². The molecule has 0 bridgehead atoms. The predicted octanol–water partition coefficient (Wildman–Crippen LogP) is 2.45. The first-order chi connectivity index (χ1) is 6.36. The Bertz CT molecular complexity index is 379. The molecule has 2 heteroatoms. The van der Waals surface area contributed by atoms with Crippen molar-refractivity contribution in [1.82, 2.24) is 9.97 Å². The molecule has 0 amide bonds. The quantitative estimate of drug-likeness (QED) is 0.657. The fourth-order valence-electron chi connectivity index (χ4n) is 1.15. The van der Waals surface area contributed by atoms with Gasteiger partial charge in [0.2, 0.25) is 0 Å². The van der Waals surface area contributed by atoms with Crippen LogP contribution in [0.1, 0.15) is 5.69 Å². The number of hydrogen-bond donors (Lipinski definition) is 0. The summed E-state index contributed by atoms with van der Waals surface area (Å²) in [5, 5.41) is 0. The summed E-state index contributed by atoms with van der Waals surface area (Å²) < 4.78 is 0. The maximum atomic E-state index is 4.24. The molecular formula is C11H10N2. The van der Waals surface area contributed by atoms with Crippen LogP contribution in [0.2, 0.25) is 0 Å². The van der Waals surface area contributed by atoms with Crippen LogP contribution in [0.3, 0.4) is 0 Å². The second kappa shape index (κ2) is 3.35. The third-order valence-corrected chi connectivity index (χ3v) is 1.87. The van der Waals surface area contributed by atoms with E-state index in [1.165, 1.54) is 0 Å². The smallest absolute Gasteiger partial charge is 0.0717 e. The highest BCUT2D eigenvalue weighted by atomic mass is 14.7. The minimum Gasteiger partial charge on any atom is -0.261 e. The lowest BCUT2D eigenvalue weighted by atomic mass is 10.2. The predicted molar refractivity (Wildman–Crippen MR) is 52.2 cm³/mol. The standard InChI is InChI=1S/C11H10N2/c1-9-5-6-10(8-13-9)11-4-2-3-7-12-11/h2-8H,1H3. The van der Waals surface area contributed by atoms with Gasteiger partial charge in [0.1, 0.15) is 0 Å². The van der Waals surface area contributed by atoms with Crippen molar-refractivity contribution in [2.75, 3.05) is 0 Å². The molecule has 0 radical (unpaired) electrons. The molecule has 0 spiro atoms. The fourth-order valence-corrected chi connectivity index (χ4v) is 1.15. The van der Waals surface area contributed by atoms with Crippen molar-refractivity contribution >= 4 is 0 Å². The lowest BCUT2D eigenvalue weighted by Gasteiger charge is -1.98. The van der Waals surface area contributed by atoms with Gasteiger partial charge in [-0.3, -0.25) is 9.97 Å². The van der Waals surface area contributed by atoms with Crippen LogP contribution in [0.4, 0.5) is 0 Å². The van der Waals surface area contributed by atoms with Gasteiger partial charge in [-0.15, -0.1) is 0 Å². The van der Waals surface area contributed by atoms with Crippen LogP contribution in [0.5, 0.6) is 0 Å². The van der Waals surface area contributed by atoms with Crippen molar-refractivity contribution in [3.8, 4) is 11.3 Å². The Labute approximate surface area is 77.3 Å². The molecule has 2 rings (SSSR count). The molecule has 0 saturated heterocycles. The lowest BCUT2D eigenvalue weighted by Crippen LogP contribution is -1.84. The Balaban J connectivity index is 2.42. The van der Waals surface area contributed by atoms with Crippen molar-refractivity contribution in [2.45, 2.75) is 6.92 Å². The van der Waals surface area contributed by atoms with Gasteiger partial charge < -0.3 is 0 Å². The number of pyridine rings is 2. The van der Waals surface area contributed by atoms with Gasteiger partial charge in [0, 0.05) is 23.7 Å². The zero-order chi connectivity index (χ0) is 9.10. The highest BCUT2D eigenvalue weighted by molar-refractivity contribution is 5.57. The molecular weight excluding hydrogens is 160 g/mol. The summed E-state index contributed by atoms with van der Waals surface area (Å²) in [7, 11) is 0. The minimum atomic E-state index is 0.968. The maximum Gasteiger partial charge on any atom is 0.0717 e. The maximum absolute atomic E-state index is 4.24. The molecule has 64 valence electrons. The van der Waals surface area contributed by atoms with Gasteiger partial charge in [-0.05, 0) is 31.2 Å². The molecule has 2 nitrogen and oxygen atoms in total. The van der Waals surface area contributed by atoms with E-state index in [4.69, 9.17) is 0 Å². The molecule has 2 aromatic rings. The van der Waals surface area contributed by atoms with Crippen LogP contribution in [0, 0.1) is 6.92 Å². The molecule has 2 aromatic heterocycles. The van der Waals surface area contributed by atoms with Gasteiger partial charge in [0.15, 0.2) is 0 Å². The minimum absolute atomic E-state index is 0.968. The fraction of sp³-hybridized carbons (Fsp3) is 0.0909. The van der Waals surface area contributed by atoms with E-state index in [0.717, 1.165) is 17.0 Å². The Hall–Kier alpha value is -1.70. The third-order valence-electron chi connectivity index (χ3n) is 1.87. The monoisotopic (exact) mass is 170 g/mol. The van der Waals surface area contributed by atoms with E-state index in [1.807, 2.05) is 43.5 Å². The Morgan fingerprint density at radius 2 is 1.92 bits per heavy atom. The van der Waals surface area contributed by atoms with Gasteiger partial charge in [0.25, 0.3) is 0 Å². The summed E-state index contributed by atoms with van der Waals surface area (Å²) in [6.45, 7) is 1.97. The lowest BCUT2D eigenvalue weighted by molar-refractivity contribution is 1.19. The van der Waals surface area contributed by atoms with E-state index < -0.39 is 0 Å². The summed E-state index contributed by atoms with van der Waals surface area (Å²) in [6, 6.07) is 9.88. The molecule has 0 aliphatic carbocycles. The highest BCUT2D eigenvalue weighted by Gasteiger charge is 1.96. The van der Waals surface area contributed by atoms with E-state index in [2.05, 4.69) is 9.97 Å². The number of nitrogens with zero attached hydrogens (tertiary/aromatic N) is 2. The van der Waals surface area contributed by atoms with Gasteiger partial charge in [0.05, 0.1) is 5.69 Å². The molecule has 0 saturated carbocycles. The highest BCUT2D eigenvalue weighted by Crippen LogP contribution is 2.14. The van der Waals surface area contributed by atoms with Crippen LogP contribution < -0.4 is 0 Å². The zero-order valence-corrected chi connectivity index (χ0v) is 7.44. The van der Waals surface area contributed by atoms with Crippen LogP contribution >= 0.6 is 0 Å². The summed E-state index contributed by atoms with van der Waals surface area (Å²) in [5.74, 6) is 0. The molecule has 0 aliphatic heterocycles. The Kier molecular flexibility index (Phi) is 2.04. The van der Waals surface area contributed by atoms with Crippen molar-refractivity contribution in [1.29, 1.82) is 0 Å². The second-order valence-electron chi connectivity index (χ2n) is 2.90. The Morgan fingerprint density at radius 1 is 1.00 bits per heavy atom. The van der Waals surface area contributed by atoms with Gasteiger partial charge in [-0.2, -0.15) is 0 Å². The van der Waals surface area contributed by atoms with Crippen LogP contribution in [-0.4, -0.2) is 9.97 Å². The SMILES string of the molecule is Cc1ccc(-c2ccccn2)cn1. The Morgan fingerprint density at radius 3 is 2.54 bits per heavy atom. The number of hydrogen-bond acceptors (Lipinski definition) is 2. The van der Waals surface area contributed by atoms with Gasteiger partial charge in [-0.1, -0.05) is 6.07 Å². The van der Waals surface area contributed by atoms with E-state index in [9.17, 15) is 0 Å². The van der Waals surface area contributed by atoms with Crippen LogP contribution in [0.15, 0.2) is 42.7 Å². The summed E-state index contributed by atoms with van der Waals surface area (Å²) in [6.07, 6.45) is 3.63. The first-order valence-electron chi connectivity index (χ1n) is 4.20. The molecule has 0 fully saturated rings. The van der Waals surface area contributed by atoms with E-state index >= 15 is 0 Å². The van der Waals surface area contributed by atoms with E-state index in [-0.39, 0.29) is 0 Å². The molecule has 0 aromatic carbocycles. The molecule has 0 unspecified atom stereocenters. The third kappa shape index (κ3) is 1.72. The second-order valence-corrected chi connectivity index (χ2v) is 2.90. The average molecular weight is 170 g/mol. The van der Waals surface area contributed by atoms with Gasteiger partial charge in [-0.25, -0.2) is 0 Å². The van der Waals surface area contributed by atoms with Crippen LogP contribution in [0.25, 0.3) is 11.3 Å². The first-order valence-corrected chi connectivity index (χ1v) is 4.20. The average Bonchev–Trinajstić information content (AvgIpc) is 2.20. The zero-order valence-electron chi connectivity index (χ0n) is 7.44. The number of aryl methyl sites for hydroxylation is 1. The molecule has 0 aliphatic rings. The summed E-state index contributed by atoms with van der Waals surface area (Å²) in [4.78, 5) is 8.45.